The van der Waals surface area contributed by atoms with Crippen LogP contribution in [-0.2, 0) is 19.6 Å². The monoisotopic (exact) mass is 306 g/mol. The molecule has 2 amide bonds. The number of amides is 2. The second-order valence-electron chi connectivity index (χ2n) is 5.01. The SMILES string of the molecule is CNC(=O)[C@@H]1CN(C)CCN(C(=O)CNS(C)(=O)=O)C1. The minimum atomic E-state index is -3.40. The molecule has 0 unspecified atom stereocenters. The quantitative estimate of drug-likeness (QED) is 0.607. The van der Waals surface area contributed by atoms with E-state index >= 15 is 0 Å². The van der Waals surface area contributed by atoms with E-state index in [9.17, 15) is 18.0 Å². The maximum atomic E-state index is 12.0. The number of rotatable bonds is 4. The van der Waals surface area contributed by atoms with E-state index in [1.54, 1.807) is 7.05 Å². The van der Waals surface area contributed by atoms with Crippen LogP contribution in [0.3, 0.4) is 0 Å². The summed E-state index contributed by atoms with van der Waals surface area (Å²) in [6.07, 6.45) is 1.00. The van der Waals surface area contributed by atoms with Crippen LogP contribution in [0.5, 0.6) is 0 Å². The van der Waals surface area contributed by atoms with E-state index in [0.29, 0.717) is 26.2 Å². The molecule has 8 nitrogen and oxygen atoms in total. The Morgan fingerprint density at radius 3 is 2.45 bits per heavy atom. The minimum absolute atomic E-state index is 0.118. The van der Waals surface area contributed by atoms with Gasteiger partial charge in [-0.15, -0.1) is 0 Å². The Hall–Kier alpha value is -1.19. The zero-order valence-electron chi connectivity index (χ0n) is 12.0. The van der Waals surface area contributed by atoms with Gasteiger partial charge in [-0.25, -0.2) is 13.1 Å². The summed E-state index contributed by atoms with van der Waals surface area (Å²) < 4.78 is 24.2. The van der Waals surface area contributed by atoms with Crippen molar-refractivity contribution in [2.45, 2.75) is 0 Å². The van der Waals surface area contributed by atoms with Gasteiger partial charge in [-0.2, -0.15) is 0 Å². The predicted octanol–water partition coefficient (Wildman–Crippen LogP) is -2.33. The third-order valence-electron chi connectivity index (χ3n) is 3.18. The van der Waals surface area contributed by atoms with Crippen molar-refractivity contribution < 1.29 is 18.0 Å². The Balaban J connectivity index is 2.68. The summed E-state index contributed by atoms with van der Waals surface area (Å²) in [5.41, 5.74) is 0. The van der Waals surface area contributed by atoms with Gasteiger partial charge in [-0.3, -0.25) is 9.59 Å². The van der Waals surface area contributed by atoms with Gasteiger partial charge in [0.2, 0.25) is 21.8 Å². The van der Waals surface area contributed by atoms with Crippen molar-refractivity contribution in [3.05, 3.63) is 0 Å². The lowest BCUT2D eigenvalue weighted by atomic mass is 10.1. The number of sulfonamides is 1. The van der Waals surface area contributed by atoms with Gasteiger partial charge in [0.25, 0.3) is 0 Å². The summed E-state index contributed by atoms with van der Waals surface area (Å²) in [7, 11) is 0.0482. The smallest absolute Gasteiger partial charge is 0.237 e. The van der Waals surface area contributed by atoms with Crippen LogP contribution in [-0.4, -0.2) is 83.1 Å². The Bertz CT molecular complexity index is 465. The van der Waals surface area contributed by atoms with E-state index in [4.69, 9.17) is 0 Å². The van der Waals surface area contributed by atoms with Crippen molar-refractivity contribution in [1.82, 2.24) is 19.8 Å². The Morgan fingerprint density at radius 2 is 1.90 bits per heavy atom. The molecule has 1 saturated heterocycles. The number of hydrogen-bond acceptors (Lipinski definition) is 5. The molecule has 2 N–H and O–H groups in total. The molecule has 9 heteroatoms. The number of carbonyl (C=O) groups is 2. The molecule has 1 aliphatic rings. The maximum absolute atomic E-state index is 12.0. The third kappa shape index (κ3) is 5.43. The molecule has 1 aliphatic heterocycles. The molecular weight excluding hydrogens is 284 g/mol. The molecule has 0 radical (unpaired) electrons. The van der Waals surface area contributed by atoms with Crippen LogP contribution >= 0.6 is 0 Å². The van der Waals surface area contributed by atoms with E-state index in [0.717, 1.165) is 6.26 Å². The first-order valence-electron chi connectivity index (χ1n) is 6.35. The molecule has 0 aliphatic carbocycles. The lowest BCUT2D eigenvalue weighted by molar-refractivity contribution is -0.131. The summed E-state index contributed by atoms with van der Waals surface area (Å²) in [4.78, 5) is 27.3. The molecule has 1 rings (SSSR count). The molecule has 0 aromatic carbocycles. The highest BCUT2D eigenvalue weighted by atomic mass is 32.2. The largest absolute Gasteiger partial charge is 0.359 e. The predicted molar refractivity (Wildman–Crippen MR) is 74.5 cm³/mol. The zero-order chi connectivity index (χ0) is 15.3. The van der Waals surface area contributed by atoms with Gasteiger partial charge in [0.15, 0.2) is 0 Å². The summed E-state index contributed by atoms with van der Waals surface area (Å²) >= 11 is 0. The minimum Gasteiger partial charge on any atom is -0.359 e. The first kappa shape index (κ1) is 16.9. The normalized spacial score (nSPS) is 21.4. The lowest BCUT2D eigenvalue weighted by Crippen LogP contribution is -2.45. The molecule has 0 saturated carbocycles. The average Bonchev–Trinajstić information content (AvgIpc) is 2.56. The van der Waals surface area contributed by atoms with Crippen molar-refractivity contribution in [3.63, 3.8) is 0 Å². The van der Waals surface area contributed by atoms with Crippen molar-refractivity contribution >= 4 is 21.8 Å². The lowest BCUT2D eigenvalue weighted by Gasteiger charge is -2.23. The van der Waals surface area contributed by atoms with Gasteiger partial charge in [0.1, 0.15) is 0 Å². The summed E-state index contributed by atoms with van der Waals surface area (Å²) in [6.45, 7) is 1.73. The van der Waals surface area contributed by atoms with E-state index in [1.807, 2.05) is 11.9 Å². The zero-order valence-corrected chi connectivity index (χ0v) is 12.9. The topological polar surface area (TPSA) is 98.8 Å². The van der Waals surface area contributed by atoms with Crippen molar-refractivity contribution in [3.8, 4) is 0 Å². The first-order chi connectivity index (χ1) is 9.23. The molecule has 1 atom stereocenters. The van der Waals surface area contributed by atoms with Gasteiger partial charge in [-0.05, 0) is 7.05 Å². The van der Waals surface area contributed by atoms with E-state index in [1.165, 1.54) is 4.90 Å². The Kier molecular flexibility index (Phi) is 5.90. The van der Waals surface area contributed by atoms with Crippen LogP contribution in [0.25, 0.3) is 0 Å². The van der Waals surface area contributed by atoms with Gasteiger partial charge in [0, 0.05) is 33.2 Å². The number of carbonyl (C=O) groups excluding carboxylic acids is 2. The Morgan fingerprint density at radius 1 is 1.25 bits per heavy atom. The fraction of sp³-hybridized carbons (Fsp3) is 0.818. The molecule has 0 aromatic rings. The second-order valence-corrected chi connectivity index (χ2v) is 6.84. The molecule has 116 valence electrons. The van der Waals surface area contributed by atoms with Gasteiger partial charge in [0.05, 0.1) is 18.7 Å². The molecule has 0 spiro atoms. The molecular formula is C11H22N4O4S. The summed E-state index contributed by atoms with van der Waals surface area (Å²) in [5.74, 6) is -0.748. The van der Waals surface area contributed by atoms with Crippen LogP contribution < -0.4 is 10.0 Å². The van der Waals surface area contributed by atoms with E-state index in [-0.39, 0.29) is 24.3 Å². The fourth-order valence-corrected chi connectivity index (χ4v) is 2.46. The van der Waals surface area contributed by atoms with Crippen LogP contribution in [0.4, 0.5) is 0 Å². The summed E-state index contributed by atoms with van der Waals surface area (Å²) in [6, 6.07) is 0. The van der Waals surface area contributed by atoms with Crippen LogP contribution in [0.2, 0.25) is 0 Å². The fourth-order valence-electron chi connectivity index (χ4n) is 2.08. The van der Waals surface area contributed by atoms with Crippen LogP contribution in [0.15, 0.2) is 0 Å². The highest BCUT2D eigenvalue weighted by Crippen LogP contribution is 2.09. The molecule has 1 heterocycles. The number of likely N-dealkylation sites (N-methyl/N-ethyl adjacent to an activating group) is 1. The molecule has 20 heavy (non-hydrogen) atoms. The summed E-state index contributed by atoms with van der Waals surface area (Å²) in [5, 5.41) is 2.58. The van der Waals surface area contributed by atoms with Crippen molar-refractivity contribution in [2.75, 3.05) is 53.1 Å². The van der Waals surface area contributed by atoms with E-state index in [2.05, 4.69) is 10.0 Å². The number of nitrogens with zero attached hydrogens (tertiary/aromatic N) is 2. The van der Waals surface area contributed by atoms with E-state index < -0.39 is 10.0 Å². The third-order valence-corrected chi connectivity index (χ3v) is 3.85. The molecule has 0 aromatic heterocycles. The molecule has 1 fully saturated rings. The maximum Gasteiger partial charge on any atom is 0.237 e. The Labute approximate surface area is 119 Å². The molecule has 0 bridgehead atoms. The van der Waals surface area contributed by atoms with Crippen molar-refractivity contribution in [1.29, 1.82) is 0 Å². The number of hydrogen-bond donors (Lipinski definition) is 2. The van der Waals surface area contributed by atoms with Crippen LogP contribution in [0.1, 0.15) is 0 Å². The highest BCUT2D eigenvalue weighted by Gasteiger charge is 2.28. The average molecular weight is 306 g/mol. The number of nitrogens with one attached hydrogen (secondary N) is 2. The van der Waals surface area contributed by atoms with Gasteiger partial charge in [-0.1, -0.05) is 0 Å². The first-order valence-corrected chi connectivity index (χ1v) is 8.24. The van der Waals surface area contributed by atoms with Gasteiger partial charge < -0.3 is 15.1 Å². The standard InChI is InChI=1S/C11H22N4O4S/c1-12-11(17)9-7-14(2)4-5-15(8-9)10(16)6-13-20(3,18)19/h9,13H,4-8H2,1-3H3,(H,12,17)/t9-/m1/s1. The van der Waals surface area contributed by atoms with Crippen molar-refractivity contribution in [2.24, 2.45) is 5.92 Å². The highest BCUT2D eigenvalue weighted by molar-refractivity contribution is 7.88. The van der Waals surface area contributed by atoms with Gasteiger partial charge >= 0.3 is 0 Å². The van der Waals surface area contributed by atoms with Crippen LogP contribution in [0, 0.1) is 5.92 Å². The second kappa shape index (κ2) is 7.00.